The van der Waals surface area contributed by atoms with Crippen LogP contribution in [0.15, 0.2) is 78.9 Å². The highest BCUT2D eigenvalue weighted by atomic mass is 16.5. The van der Waals surface area contributed by atoms with Crippen molar-refractivity contribution in [2.75, 3.05) is 7.11 Å². The molecule has 0 aliphatic rings. The third-order valence-electron chi connectivity index (χ3n) is 5.04. The van der Waals surface area contributed by atoms with E-state index in [0.29, 0.717) is 35.8 Å². The van der Waals surface area contributed by atoms with E-state index in [-0.39, 0.29) is 0 Å². The minimum absolute atomic E-state index is 0.332. The molecule has 156 valence electrons. The Kier molecular flexibility index (Phi) is 6.20. The standard InChI is InChI=1S/C27H20N2O3/c1-30-27-14-22(9-11-26(27)32-17-21-5-2-4-19(12-21)15-28)18-31-25-7-3-6-23-10-8-20(16-29)13-24(23)25/h2-14H,17-18H2,1H3. The molecular weight excluding hydrogens is 400 g/mol. The number of rotatable bonds is 7. The molecule has 5 heteroatoms. The molecule has 0 atom stereocenters. The van der Waals surface area contributed by atoms with Gasteiger partial charge in [0.25, 0.3) is 0 Å². The molecule has 0 saturated heterocycles. The Morgan fingerprint density at radius 1 is 0.656 bits per heavy atom. The van der Waals surface area contributed by atoms with Crippen molar-refractivity contribution in [3.8, 4) is 29.4 Å². The molecular formula is C27H20N2O3. The van der Waals surface area contributed by atoms with Gasteiger partial charge in [-0.2, -0.15) is 10.5 Å². The van der Waals surface area contributed by atoms with Gasteiger partial charge in [-0.05, 0) is 59.0 Å². The van der Waals surface area contributed by atoms with Gasteiger partial charge in [0.1, 0.15) is 19.0 Å². The van der Waals surface area contributed by atoms with E-state index in [1.165, 1.54) is 0 Å². The van der Waals surface area contributed by atoms with Crippen LogP contribution in [0, 0.1) is 22.7 Å². The predicted octanol–water partition coefficient (Wildman–Crippen LogP) is 5.75. The molecule has 0 heterocycles. The van der Waals surface area contributed by atoms with Crippen molar-refractivity contribution >= 4 is 10.8 Å². The van der Waals surface area contributed by atoms with Gasteiger partial charge in [0.15, 0.2) is 11.5 Å². The third-order valence-corrected chi connectivity index (χ3v) is 5.04. The molecule has 0 bridgehead atoms. The lowest BCUT2D eigenvalue weighted by Gasteiger charge is -2.14. The summed E-state index contributed by atoms with van der Waals surface area (Å²) in [5.41, 5.74) is 3.03. The zero-order valence-corrected chi connectivity index (χ0v) is 17.5. The molecule has 0 fully saturated rings. The van der Waals surface area contributed by atoms with Crippen molar-refractivity contribution in [2.24, 2.45) is 0 Å². The van der Waals surface area contributed by atoms with Crippen LogP contribution in [0.2, 0.25) is 0 Å². The molecule has 32 heavy (non-hydrogen) atoms. The second-order valence-corrected chi connectivity index (χ2v) is 7.18. The second kappa shape index (κ2) is 9.55. The van der Waals surface area contributed by atoms with Crippen molar-refractivity contribution in [3.63, 3.8) is 0 Å². The minimum Gasteiger partial charge on any atom is -0.493 e. The van der Waals surface area contributed by atoms with Crippen molar-refractivity contribution in [2.45, 2.75) is 13.2 Å². The molecule has 4 aromatic rings. The van der Waals surface area contributed by atoms with E-state index in [0.717, 1.165) is 27.6 Å². The first-order valence-corrected chi connectivity index (χ1v) is 10.0. The maximum absolute atomic E-state index is 9.19. The molecule has 0 unspecified atom stereocenters. The van der Waals surface area contributed by atoms with Gasteiger partial charge in [0.2, 0.25) is 0 Å². The highest BCUT2D eigenvalue weighted by molar-refractivity contribution is 5.89. The second-order valence-electron chi connectivity index (χ2n) is 7.18. The molecule has 0 spiro atoms. The lowest BCUT2D eigenvalue weighted by atomic mass is 10.1. The Balaban J connectivity index is 1.48. The Morgan fingerprint density at radius 2 is 1.38 bits per heavy atom. The third kappa shape index (κ3) is 4.64. The fourth-order valence-corrected chi connectivity index (χ4v) is 3.41. The molecule has 0 aliphatic carbocycles. The van der Waals surface area contributed by atoms with Crippen LogP contribution in [0.3, 0.4) is 0 Å². The van der Waals surface area contributed by atoms with Crippen LogP contribution < -0.4 is 14.2 Å². The molecule has 0 aromatic heterocycles. The highest BCUT2D eigenvalue weighted by Gasteiger charge is 2.09. The summed E-state index contributed by atoms with van der Waals surface area (Å²) in [4.78, 5) is 0. The van der Waals surface area contributed by atoms with Gasteiger partial charge >= 0.3 is 0 Å². The summed E-state index contributed by atoms with van der Waals surface area (Å²) in [6.45, 7) is 0.676. The predicted molar refractivity (Wildman–Crippen MR) is 121 cm³/mol. The first-order chi connectivity index (χ1) is 15.7. The molecule has 0 saturated carbocycles. The molecule has 0 amide bonds. The van der Waals surface area contributed by atoms with Crippen LogP contribution in [-0.2, 0) is 13.2 Å². The van der Waals surface area contributed by atoms with Gasteiger partial charge in [0.05, 0.1) is 30.4 Å². The lowest BCUT2D eigenvalue weighted by Crippen LogP contribution is -2.00. The van der Waals surface area contributed by atoms with Gasteiger partial charge in [0, 0.05) is 5.39 Å². The number of hydrogen-bond donors (Lipinski definition) is 0. The summed E-state index contributed by atoms with van der Waals surface area (Å²) in [6.07, 6.45) is 0. The summed E-state index contributed by atoms with van der Waals surface area (Å²) >= 11 is 0. The largest absolute Gasteiger partial charge is 0.493 e. The number of ether oxygens (including phenoxy) is 3. The molecule has 0 radical (unpaired) electrons. The summed E-state index contributed by atoms with van der Waals surface area (Å²) < 4.78 is 17.5. The summed E-state index contributed by atoms with van der Waals surface area (Å²) in [7, 11) is 1.59. The zero-order valence-electron chi connectivity index (χ0n) is 17.5. The van der Waals surface area contributed by atoms with E-state index < -0.39 is 0 Å². The molecule has 5 nitrogen and oxygen atoms in total. The molecule has 0 aliphatic heterocycles. The van der Waals surface area contributed by atoms with E-state index in [1.54, 1.807) is 25.3 Å². The average molecular weight is 420 g/mol. The SMILES string of the molecule is COc1cc(COc2cccc3ccc(C#N)cc23)ccc1OCc1cccc(C#N)c1. The van der Waals surface area contributed by atoms with Crippen molar-refractivity contribution in [1.29, 1.82) is 10.5 Å². The van der Waals surface area contributed by atoms with Crippen molar-refractivity contribution in [3.05, 3.63) is 101 Å². The Hall–Kier alpha value is -4.48. The van der Waals surface area contributed by atoms with Gasteiger partial charge in [-0.3, -0.25) is 0 Å². The van der Waals surface area contributed by atoms with E-state index in [1.807, 2.05) is 60.7 Å². The van der Waals surface area contributed by atoms with E-state index in [2.05, 4.69) is 12.1 Å². The van der Waals surface area contributed by atoms with E-state index in [4.69, 9.17) is 19.5 Å². The fraction of sp³-hybridized carbons (Fsp3) is 0.111. The zero-order chi connectivity index (χ0) is 22.3. The number of hydrogen-bond acceptors (Lipinski definition) is 5. The fourth-order valence-electron chi connectivity index (χ4n) is 3.41. The number of nitriles is 2. The molecule has 0 N–H and O–H groups in total. The average Bonchev–Trinajstić information content (AvgIpc) is 2.86. The van der Waals surface area contributed by atoms with Crippen LogP contribution in [0.5, 0.6) is 17.2 Å². The maximum atomic E-state index is 9.19. The van der Waals surface area contributed by atoms with Crippen LogP contribution >= 0.6 is 0 Å². The maximum Gasteiger partial charge on any atom is 0.161 e. The first-order valence-electron chi connectivity index (χ1n) is 10.0. The first kappa shape index (κ1) is 20.8. The summed E-state index contributed by atoms with van der Waals surface area (Å²) in [5, 5.41) is 20.1. The van der Waals surface area contributed by atoms with E-state index in [9.17, 15) is 5.26 Å². The number of fused-ring (bicyclic) bond motifs is 1. The van der Waals surface area contributed by atoms with Gasteiger partial charge in [-0.15, -0.1) is 0 Å². The smallest absolute Gasteiger partial charge is 0.161 e. The highest BCUT2D eigenvalue weighted by Crippen LogP contribution is 2.31. The Bertz CT molecular complexity index is 1350. The molecule has 4 rings (SSSR count). The van der Waals surface area contributed by atoms with Gasteiger partial charge < -0.3 is 14.2 Å². The van der Waals surface area contributed by atoms with Gasteiger partial charge in [-0.1, -0.05) is 36.4 Å². The molecule has 4 aromatic carbocycles. The number of benzene rings is 4. The van der Waals surface area contributed by atoms with Gasteiger partial charge in [-0.25, -0.2) is 0 Å². The quantitative estimate of drug-likeness (QED) is 0.380. The summed E-state index contributed by atoms with van der Waals surface area (Å²) in [5.74, 6) is 1.94. The van der Waals surface area contributed by atoms with Crippen LogP contribution in [-0.4, -0.2) is 7.11 Å². The monoisotopic (exact) mass is 420 g/mol. The van der Waals surface area contributed by atoms with E-state index >= 15 is 0 Å². The summed E-state index contributed by atoms with van der Waals surface area (Å²) in [6, 6.07) is 28.6. The van der Waals surface area contributed by atoms with Crippen LogP contribution in [0.1, 0.15) is 22.3 Å². The lowest BCUT2D eigenvalue weighted by molar-refractivity contribution is 0.282. The topological polar surface area (TPSA) is 75.3 Å². The Morgan fingerprint density at radius 3 is 2.16 bits per heavy atom. The van der Waals surface area contributed by atoms with Crippen molar-refractivity contribution in [1.82, 2.24) is 0 Å². The number of nitrogens with zero attached hydrogens (tertiary/aromatic N) is 2. The number of methoxy groups -OCH3 is 1. The van der Waals surface area contributed by atoms with Crippen molar-refractivity contribution < 1.29 is 14.2 Å². The minimum atomic E-state index is 0.332. The van der Waals surface area contributed by atoms with Crippen LogP contribution in [0.25, 0.3) is 10.8 Å². The Labute approximate surface area is 186 Å². The van der Waals surface area contributed by atoms with Crippen LogP contribution in [0.4, 0.5) is 0 Å². The normalized spacial score (nSPS) is 10.2.